The summed E-state index contributed by atoms with van der Waals surface area (Å²) in [6, 6.07) is 5.81. The maximum atomic E-state index is 12.1. The van der Waals surface area contributed by atoms with E-state index in [0.717, 1.165) is 16.1 Å². The van der Waals surface area contributed by atoms with Crippen LogP contribution in [0.4, 0.5) is 0 Å². The number of carbonyl (C=O) groups excluding carboxylic acids is 1. The van der Waals surface area contributed by atoms with Crippen molar-refractivity contribution in [3.8, 4) is 0 Å². The first-order valence-electron chi connectivity index (χ1n) is 5.66. The molecule has 0 aliphatic rings. The van der Waals surface area contributed by atoms with Crippen LogP contribution in [0.25, 0.3) is 0 Å². The lowest BCUT2D eigenvalue weighted by Crippen LogP contribution is -2.30. The van der Waals surface area contributed by atoms with Gasteiger partial charge in [0.2, 0.25) is 0 Å². The molecule has 0 N–H and O–H groups in total. The van der Waals surface area contributed by atoms with Crippen molar-refractivity contribution in [3.05, 3.63) is 34.3 Å². The second kappa shape index (κ2) is 5.53. The van der Waals surface area contributed by atoms with Crippen molar-refractivity contribution >= 4 is 33.3 Å². The molecule has 0 radical (unpaired) electrons. The van der Waals surface area contributed by atoms with E-state index < -0.39 is 0 Å². The van der Waals surface area contributed by atoms with Crippen molar-refractivity contribution in [1.82, 2.24) is 0 Å². The summed E-state index contributed by atoms with van der Waals surface area (Å²) >= 11 is 9.55. The number of halogens is 2. The molecule has 17 heavy (non-hydrogen) atoms. The third-order valence-electron chi connectivity index (χ3n) is 2.80. The van der Waals surface area contributed by atoms with Crippen molar-refractivity contribution in [1.29, 1.82) is 0 Å². The van der Waals surface area contributed by atoms with Crippen LogP contribution in [0.15, 0.2) is 18.2 Å². The van der Waals surface area contributed by atoms with Gasteiger partial charge in [-0.25, -0.2) is 0 Å². The van der Waals surface area contributed by atoms with E-state index in [1.165, 1.54) is 0 Å². The summed E-state index contributed by atoms with van der Waals surface area (Å²) in [5, 5.41) is 0.755. The fraction of sp³-hybridized carbons (Fsp3) is 0.500. The van der Waals surface area contributed by atoms with Crippen LogP contribution in [0.3, 0.4) is 0 Å². The normalized spacial score (nSPS) is 13.5. The largest absolute Gasteiger partial charge is 0.298 e. The van der Waals surface area contributed by atoms with Gasteiger partial charge in [0.25, 0.3) is 0 Å². The van der Waals surface area contributed by atoms with Crippen LogP contribution < -0.4 is 0 Å². The number of alkyl halides is 1. The Labute approximate surface area is 117 Å². The molecule has 1 aromatic rings. The maximum Gasteiger partial charge on any atom is 0.152 e. The zero-order chi connectivity index (χ0) is 13.2. The first-order valence-corrected chi connectivity index (χ1v) is 6.95. The summed E-state index contributed by atoms with van der Waals surface area (Å²) < 4.78 is 0. The number of carbonyl (C=O) groups is 1. The van der Waals surface area contributed by atoms with E-state index in [1.807, 2.05) is 45.9 Å². The number of hydrogen-bond donors (Lipinski definition) is 0. The summed E-state index contributed by atoms with van der Waals surface area (Å²) in [5.74, 6) is 0.219. The van der Waals surface area contributed by atoms with Gasteiger partial charge in [0, 0.05) is 10.4 Å². The molecular formula is C14H18BrClO. The minimum atomic E-state index is -0.319. The maximum absolute atomic E-state index is 12.1. The summed E-state index contributed by atoms with van der Waals surface area (Å²) in [7, 11) is 0. The monoisotopic (exact) mass is 316 g/mol. The van der Waals surface area contributed by atoms with Crippen LogP contribution in [0.2, 0.25) is 5.02 Å². The van der Waals surface area contributed by atoms with Crippen molar-refractivity contribution in [2.24, 2.45) is 5.41 Å². The van der Waals surface area contributed by atoms with Gasteiger partial charge >= 0.3 is 0 Å². The molecular weight excluding hydrogens is 300 g/mol. The summed E-state index contributed by atoms with van der Waals surface area (Å²) in [4.78, 5) is 11.9. The molecule has 0 fully saturated rings. The van der Waals surface area contributed by atoms with Crippen LogP contribution in [0.5, 0.6) is 0 Å². The lowest BCUT2D eigenvalue weighted by Gasteiger charge is -2.21. The number of hydrogen-bond acceptors (Lipinski definition) is 1. The first kappa shape index (κ1) is 14.7. The van der Waals surface area contributed by atoms with Crippen LogP contribution in [0.1, 0.15) is 31.9 Å². The molecule has 1 atom stereocenters. The quantitative estimate of drug-likeness (QED) is 0.746. The number of rotatable bonds is 3. The predicted molar refractivity (Wildman–Crippen MR) is 77.1 cm³/mol. The summed E-state index contributed by atoms with van der Waals surface area (Å²) in [6.45, 7) is 7.80. The van der Waals surface area contributed by atoms with Crippen molar-refractivity contribution in [2.45, 2.75) is 38.9 Å². The highest BCUT2D eigenvalue weighted by atomic mass is 79.9. The highest BCUT2D eigenvalue weighted by Gasteiger charge is 2.28. The fourth-order valence-electron chi connectivity index (χ4n) is 1.63. The van der Waals surface area contributed by atoms with Gasteiger partial charge < -0.3 is 0 Å². The van der Waals surface area contributed by atoms with Gasteiger partial charge in [0.1, 0.15) is 0 Å². The van der Waals surface area contributed by atoms with Crippen LogP contribution in [-0.4, -0.2) is 10.6 Å². The summed E-state index contributed by atoms with van der Waals surface area (Å²) in [5.41, 5.74) is 1.86. The smallest absolute Gasteiger partial charge is 0.152 e. The molecule has 1 rings (SSSR count). The highest BCUT2D eigenvalue weighted by molar-refractivity contribution is 9.10. The molecule has 1 aromatic carbocycles. The highest BCUT2D eigenvalue weighted by Crippen LogP contribution is 2.26. The van der Waals surface area contributed by atoms with E-state index in [2.05, 4.69) is 15.9 Å². The molecule has 0 amide bonds. The van der Waals surface area contributed by atoms with Crippen LogP contribution >= 0.6 is 27.5 Å². The van der Waals surface area contributed by atoms with Crippen LogP contribution in [-0.2, 0) is 11.2 Å². The second-order valence-electron chi connectivity index (χ2n) is 5.31. The molecule has 0 aliphatic heterocycles. The molecule has 0 aliphatic carbocycles. The average molecular weight is 318 g/mol. The third-order valence-corrected chi connectivity index (χ3v) is 3.95. The van der Waals surface area contributed by atoms with E-state index in [4.69, 9.17) is 11.6 Å². The Hall–Kier alpha value is -0.340. The lowest BCUT2D eigenvalue weighted by atomic mass is 9.87. The number of ketones is 1. The van der Waals surface area contributed by atoms with Gasteiger partial charge in [0.05, 0.1) is 4.83 Å². The van der Waals surface area contributed by atoms with Gasteiger partial charge in [-0.1, -0.05) is 60.4 Å². The molecule has 1 unspecified atom stereocenters. The molecule has 0 heterocycles. The van der Waals surface area contributed by atoms with Gasteiger partial charge in [-0.15, -0.1) is 0 Å². The average Bonchev–Trinajstić information content (AvgIpc) is 2.22. The molecule has 3 heteroatoms. The Bertz CT molecular complexity index is 421. The van der Waals surface area contributed by atoms with Crippen molar-refractivity contribution in [3.63, 3.8) is 0 Å². The Morgan fingerprint density at radius 1 is 1.41 bits per heavy atom. The molecule has 0 aromatic heterocycles. The van der Waals surface area contributed by atoms with E-state index in [-0.39, 0.29) is 16.0 Å². The molecule has 0 spiro atoms. The van der Waals surface area contributed by atoms with Gasteiger partial charge in [-0.2, -0.15) is 0 Å². The topological polar surface area (TPSA) is 17.1 Å². The van der Waals surface area contributed by atoms with E-state index in [9.17, 15) is 4.79 Å². The van der Waals surface area contributed by atoms with Gasteiger partial charge in [-0.3, -0.25) is 4.79 Å². The Kier molecular flexibility index (Phi) is 4.79. The zero-order valence-corrected chi connectivity index (χ0v) is 13.0. The van der Waals surface area contributed by atoms with Crippen molar-refractivity contribution in [2.75, 3.05) is 0 Å². The SMILES string of the molecule is Cc1c(Cl)cccc1CC(Br)C(=O)C(C)(C)C. The molecule has 1 nitrogen and oxygen atoms in total. The first-order chi connectivity index (χ1) is 7.73. The van der Waals surface area contributed by atoms with E-state index >= 15 is 0 Å². The van der Waals surface area contributed by atoms with E-state index in [0.29, 0.717) is 6.42 Å². The molecule has 94 valence electrons. The van der Waals surface area contributed by atoms with E-state index in [1.54, 1.807) is 0 Å². The Morgan fingerprint density at radius 3 is 2.53 bits per heavy atom. The van der Waals surface area contributed by atoms with Crippen LogP contribution in [0, 0.1) is 12.3 Å². The third kappa shape index (κ3) is 3.82. The fourth-order valence-corrected chi connectivity index (χ4v) is 2.86. The standard InChI is InChI=1S/C14H18BrClO/c1-9-10(6-5-7-12(9)16)8-11(15)13(17)14(2,3)4/h5-7,11H,8H2,1-4H3. The summed E-state index contributed by atoms with van der Waals surface area (Å²) in [6.07, 6.45) is 0.683. The number of Topliss-reactive ketones (excluding diaryl/α,β-unsaturated/α-hetero) is 1. The van der Waals surface area contributed by atoms with Gasteiger partial charge in [-0.05, 0) is 30.5 Å². The molecule has 0 saturated carbocycles. The minimum absolute atomic E-state index is 0.153. The molecule has 0 bridgehead atoms. The lowest BCUT2D eigenvalue weighted by molar-refractivity contribution is -0.125. The predicted octanol–water partition coefficient (Wildman–Crippen LogP) is 4.57. The number of benzene rings is 1. The zero-order valence-electron chi connectivity index (χ0n) is 10.7. The Morgan fingerprint density at radius 2 is 2.00 bits per heavy atom. The molecule has 0 saturated heterocycles. The Balaban J connectivity index is 2.85. The minimum Gasteiger partial charge on any atom is -0.298 e. The second-order valence-corrected chi connectivity index (χ2v) is 6.82. The van der Waals surface area contributed by atoms with Gasteiger partial charge in [0.15, 0.2) is 5.78 Å². The van der Waals surface area contributed by atoms with Crippen molar-refractivity contribution < 1.29 is 4.79 Å².